The molecule has 4 heteroatoms. The van der Waals surface area contributed by atoms with Gasteiger partial charge in [0.15, 0.2) is 6.10 Å². The maximum atomic E-state index is 11.2. The van der Waals surface area contributed by atoms with Gasteiger partial charge in [0.05, 0.1) is 12.3 Å². The zero-order chi connectivity index (χ0) is 13.2. The number of nitrogens with zero attached hydrogens (tertiary/aromatic N) is 1. The molecule has 0 amide bonds. The molecule has 2 heterocycles. The first kappa shape index (κ1) is 11.9. The number of aromatic nitrogens is 1. The molecule has 1 aromatic carbocycles. The SMILES string of the molecule is O=C(O)C1OCCc2ccc(-c3ccccn3)cc21. The van der Waals surface area contributed by atoms with E-state index in [4.69, 9.17) is 4.74 Å². The van der Waals surface area contributed by atoms with Crippen LogP contribution in [0.3, 0.4) is 0 Å². The predicted molar refractivity (Wildman–Crippen MR) is 69.7 cm³/mol. The fourth-order valence-electron chi connectivity index (χ4n) is 2.34. The van der Waals surface area contributed by atoms with E-state index in [2.05, 4.69) is 4.98 Å². The molecule has 4 nitrogen and oxygen atoms in total. The average Bonchev–Trinajstić information content (AvgIpc) is 2.47. The molecule has 96 valence electrons. The number of hydrogen-bond acceptors (Lipinski definition) is 3. The van der Waals surface area contributed by atoms with Crippen molar-refractivity contribution in [2.45, 2.75) is 12.5 Å². The Morgan fingerprint density at radius 2 is 2.21 bits per heavy atom. The highest BCUT2D eigenvalue weighted by Crippen LogP contribution is 2.31. The molecular weight excluding hydrogens is 242 g/mol. The van der Waals surface area contributed by atoms with E-state index in [1.807, 2.05) is 36.4 Å². The topological polar surface area (TPSA) is 59.4 Å². The van der Waals surface area contributed by atoms with Crippen molar-refractivity contribution in [2.24, 2.45) is 0 Å². The molecule has 1 unspecified atom stereocenters. The number of ether oxygens (including phenoxy) is 1. The van der Waals surface area contributed by atoms with E-state index in [1.165, 1.54) is 0 Å². The van der Waals surface area contributed by atoms with E-state index >= 15 is 0 Å². The lowest BCUT2D eigenvalue weighted by Gasteiger charge is -2.23. The van der Waals surface area contributed by atoms with Crippen LogP contribution in [0.1, 0.15) is 17.2 Å². The first-order valence-electron chi connectivity index (χ1n) is 6.14. The second kappa shape index (κ2) is 4.82. The normalized spacial score (nSPS) is 17.8. The van der Waals surface area contributed by atoms with Gasteiger partial charge >= 0.3 is 5.97 Å². The van der Waals surface area contributed by atoms with E-state index in [9.17, 15) is 9.90 Å². The van der Waals surface area contributed by atoms with E-state index in [-0.39, 0.29) is 0 Å². The van der Waals surface area contributed by atoms with Gasteiger partial charge in [0.25, 0.3) is 0 Å². The van der Waals surface area contributed by atoms with Gasteiger partial charge in [0.1, 0.15) is 0 Å². The van der Waals surface area contributed by atoms with Crippen LogP contribution in [0.25, 0.3) is 11.3 Å². The van der Waals surface area contributed by atoms with Crippen molar-refractivity contribution in [3.63, 3.8) is 0 Å². The Morgan fingerprint density at radius 3 is 2.95 bits per heavy atom. The highest BCUT2D eigenvalue weighted by Gasteiger charge is 2.27. The molecule has 3 rings (SSSR count). The zero-order valence-corrected chi connectivity index (χ0v) is 10.2. The summed E-state index contributed by atoms with van der Waals surface area (Å²) in [7, 11) is 0. The molecule has 1 aromatic heterocycles. The summed E-state index contributed by atoms with van der Waals surface area (Å²) in [6, 6.07) is 11.5. The molecule has 0 aliphatic carbocycles. The molecule has 19 heavy (non-hydrogen) atoms. The number of pyridine rings is 1. The fourth-order valence-corrected chi connectivity index (χ4v) is 2.34. The number of benzene rings is 1. The van der Waals surface area contributed by atoms with E-state index in [1.54, 1.807) is 6.20 Å². The lowest BCUT2D eigenvalue weighted by atomic mass is 9.94. The number of carbonyl (C=O) groups is 1. The summed E-state index contributed by atoms with van der Waals surface area (Å²) < 4.78 is 5.34. The van der Waals surface area contributed by atoms with Crippen molar-refractivity contribution in [2.75, 3.05) is 6.61 Å². The minimum atomic E-state index is -0.945. The highest BCUT2D eigenvalue weighted by atomic mass is 16.5. The molecular formula is C15H13NO3. The molecule has 0 bridgehead atoms. The third kappa shape index (κ3) is 2.22. The van der Waals surface area contributed by atoms with Gasteiger partial charge < -0.3 is 9.84 Å². The Hall–Kier alpha value is -2.20. The van der Waals surface area contributed by atoms with Crippen LogP contribution in [0.4, 0.5) is 0 Å². The van der Waals surface area contributed by atoms with Gasteiger partial charge in [-0.2, -0.15) is 0 Å². The Labute approximate surface area is 110 Å². The molecule has 0 spiro atoms. The second-order valence-electron chi connectivity index (χ2n) is 4.47. The zero-order valence-electron chi connectivity index (χ0n) is 10.2. The third-order valence-electron chi connectivity index (χ3n) is 3.27. The Balaban J connectivity index is 2.07. The predicted octanol–water partition coefficient (Wildman–Crippen LogP) is 2.45. The minimum Gasteiger partial charge on any atom is -0.479 e. The fraction of sp³-hybridized carbons (Fsp3) is 0.200. The standard InChI is InChI=1S/C15H13NO3/c17-15(18)14-12-9-11(13-3-1-2-7-16-13)5-4-10(12)6-8-19-14/h1-5,7,9,14H,6,8H2,(H,17,18). The van der Waals surface area contributed by atoms with Crippen LogP contribution in [0, 0.1) is 0 Å². The van der Waals surface area contributed by atoms with Crippen molar-refractivity contribution in [3.05, 3.63) is 53.7 Å². The Bertz CT molecular complexity index is 610. The molecule has 1 aliphatic rings. The molecule has 1 N–H and O–H groups in total. The van der Waals surface area contributed by atoms with Crippen LogP contribution in [0.5, 0.6) is 0 Å². The maximum Gasteiger partial charge on any atom is 0.337 e. The first-order valence-corrected chi connectivity index (χ1v) is 6.14. The monoisotopic (exact) mass is 255 g/mol. The van der Waals surface area contributed by atoms with Crippen LogP contribution in [0.15, 0.2) is 42.6 Å². The number of carboxylic acid groups (broad SMARTS) is 1. The molecule has 1 atom stereocenters. The maximum absolute atomic E-state index is 11.2. The van der Waals surface area contributed by atoms with Crippen LogP contribution in [0.2, 0.25) is 0 Å². The minimum absolute atomic E-state index is 0.451. The van der Waals surface area contributed by atoms with Gasteiger partial charge in [-0.1, -0.05) is 18.2 Å². The molecule has 2 aromatic rings. The summed E-state index contributed by atoms with van der Waals surface area (Å²) >= 11 is 0. The number of aliphatic carboxylic acids is 1. The van der Waals surface area contributed by atoms with Gasteiger partial charge in [0, 0.05) is 11.8 Å². The highest BCUT2D eigenvalue weighted by molar-refractivity contribution is 5.76. The number of fused-ring (bicyclic) bond motifs is 1. The van der Waals surface area contributed by atoms with Gasteiger partial charge in [-0.05, 0) is 35.7 Å². The summed E-state index contributed by atoms with van der Waals surface area (Å²) in [6.07, 6.45) is 1.61. The molecule has 0 radical (unpaired) electrons. The van der Waals surface area contributed by atoms with Crippen LogP contribution in [-0.4, -0.2) is 22.7 Å². The lowest BCUT2D eigenvalue weighted by molar-refractivity contribution is -0.151. The molecule has 0 saturated heterocycles. The second-order valence-corrected chi connectivity index (χ2v) is 4.47. The summed E-state index contributed by atoms with van der Waals surface area (Å²) in [6.45, 7) is 0.451. The van der Waals surface area contributed by atoms with Crippen molar-refractivity contribution in [1.82, 2.24) is 4.98 Å². The number of rotatable bonds is 2. The molecule has 0 fully saturated rings. The van der Waals surface area contributed by atoms with Crippen LogP contribution in [-0.2, 0) is 16.0 Å². The number of hydrogen-bond donors (Lipinski definition) is 1. The quantitative estimate of drug-likeness (QED) is 0.895. The molecule has 1 aliphatic heterocycles. The van der Waals surface area contributed by atoms with E-state index in [0.717, 1.165) is 28.8 Å². The smallest absolute Gasteiger partial charge is 0.337 e. The van der Waals surface area contributed by atoms with Crippen molar-refractivity contribution in [3.8, 4) is 11.3 Å². The summed E-state index contributed by atoms with van der Waals surface area (Å²) in [5, 5.41) is 9.21. The first-order chi connectivity index (χ1) is 9.25. The van der Waals surface area contributed by atoms with Crippen LogP contribution < -0.4 is 0 Å². The summed E-state index contributed by atoms with van der Waals surface area (Å²) in [5.74, 6) is -0.945. The third-order valence-corrected chi connectivity index (χ3v) is 3.27. The Morgan fingerprint density at radius 1 is 1.32 bits per heavy atom. The molecule has 0 saturated carbocycles. The Kier molecular flexibility index (Phi) is 3.01. The number of carboxylic acids is 1. The lowest BCUT2D eigenvalue weighted by Crippen LogP contribution is -2.23. The van der Waals surface area contributed by atoms with Gasteiger partial charge in [-0.25, -0.2) is 4.79 Å². The van der Waals surface area contributed by atoms with Crippen LogP contribution >= 0.6 is 0 Å². The summed E-state index contributed by atoms with van der Waals surface area (Å²) in [4.78, 5) is 15.5. The van der Waals surface area contributed by atoms with Gasteiger partial charge in [-0.3, -0.25) is 4.98 Å². The summed E-state index contributed by atoms with van der Waals surface area (Å²) in [5.41, 5.74) is 3.52. The van der Waals surface area contributed by atoms with Gasteiger partial charge in [-0.15, -0.1) is 0 Å². The van der Waals surface area contributed by atoms with Crippen molar-refractivity contribution in [1.29, 1.82) is 0 Å². The average molecular weight is 255 g/mol. The largest absolute Gasteiger partial charge is 0.479 e. The van der Waals surface area contributed by atoms with E-state index in [0.29, 0.717) is 6.61 Å². The van der Waals surface area contributed by atoms with Crippen molar-refractivity contribution < 1.29 is 14.6 Å². The van der Waals surface area contributed by atoms with Gasteiger partial charge in [0.2, 0.25) is 0 Å². The van der Waals surface area contributed by atoms with E-state index < -0.39 is 12.1 Å². The van der Waals surface area contributed by atoms with Crippen molar-refractivity contribution >= 4 is 5.97 Å².